The molecule has 5 nitrogen and oxygen atoms in total. The highest BCUT2D eigenvalue weighted by Gasteiger charge is 2.36. The number of halogens is 4. The molecule has 2 aromatic rings. The highest BCUT2D eigenvalue weighted by atomic mass is 32.1. The first-order valence-corrected chi connectivity index (χ1v) is 8.78. The first-order chi connectivity index (χ1) is 13.6. The fraction of sp³-hybridized carbons (Fsp3) is 0.211. The van der Waals surface area contributed by atoms with E-state index < -0.39 is 29.0 Å². The van der Waals surface area contributed by atoms with Crippen molar-refractivity contribution in [1.29, 1.82) is 5.26 Å². The van der Waals surface area contributed by atoms with E-state index in [9.17, 15) is 27.5 Å². The van der Waals surface area contributed by atoms with Crippen LogP contribution in [0.3, 0.4) is 0 Å². The van der Waals surface area contributed by atoms with Crippen LogP contribution in [-0.2, 0) is 11.0 Å². The number of carbonyl (C=O) groups is 1. The molecule has 1 saturated heterocycles. The quantitative estimate of drug-likeness (QED) is 0.575. The third kappa shape index (κ3) is 4.00. The molecule has 3 rings (SSSR count). The number of nitrogens with zero attached hydrogens (tertiary/aromatic N) is 3. The van der Waals surface area contributed by atoms with Crippen molar-refractivity contribution in [3.8, 4) is 11.8 Å². The molecule has 0 radical (unpaired) electrons. The number of hydrogen-bond acceptors (Lipinski definition) is 4. The lowest BCUT2D eigenvalue weighted by Crippen LogP contribution is -2.44. The summed E-state index contributed by atoms with van der Waals surface area (Å²) >= 11 is 5.32. The number of rotatable bonds is 2. The minimum atomic E-state index is -4.81. The molecule has 1 heterocycles. The van der Waals surface area contributed by atoms with Crippen molar-refractivity contribution in [2.24, 2.45) is 0 Å². The zero-order valence-corrected chi connectivity index (χ0v) is 15.5. The SMILES string of the molecule is N#Cc1ccc(N2C(=O)CCCN(c3ccc(O)cc3F)C2=S)cc1C(F)(F)F. The van der Waals surface area contributed by atoms with Gasteiger partial charge in [0.1, 0.15) is 5.75 Å². The second-order valence-electron chi connectivity index (χ2n) is 6.24. The van der Waals surface area contributed by atoms with Crippen LogP contribution in [0.1, 0.15) is 24.0 Å². The molecule has 1 aliphatic rings. The number of hydrogen-bond donors (Lipinski definition) is 1. The Balaban J connectivity index is 2.09. The molecule has 0 saturated carbocycles. The minimum absolute atomic E-state index is 0.0162. The maximum atomic E-state index is 14.3. The highest BCUT2D eigenvalue weighted by molar-refractivity contribution is 7.81. The van der Waals surface area contributed by atoms with E-state index in [0.29, 0.717) is 6.07 Å². The van der Waals surface area contributed by atoms with E-state index in [-0.39, 0.29) is 41.6 Å². The molecule has 0 bridgehead atoms. The van der Waals surface area contributed by atoms with Gasteiger partial charge in [0.05, 0.1) is 28.6 Å². The molecule has 0 aromatic heterocycles. The van der Waals surface area contributed by atoms with Crippen LogP contribution in [0.2, 0.25) is 0 Å². The number of thiocarbonyl (C=S) groups is 1. The van der Waals surface area contributed by atoms with E-state index in [2.05, 4.69) is 0 Å². The van der Waals surface area contributed by atoms with Crippen LogP contribution in [-0.4, -0.2) is 22.7 Å². The lowest BCUT2D eigenvalue weighted by molar-refractivity contribution is -0.137. The summed E-state index contributed by atoms with van der Waals surface area (Å²) < 4.78 is 54.3. The Kier molecular flexibility index (Phi) is 5.44. The number of carbonyl (C=O) groups excluding carboxylic acids is 1. The first kappa shape index (κ1) is 20.5. The average molecular weight is 423 g/mol. The van der Waals surface area contributed by atoms with Crippen LogP contribution in [0.5, 0.6) is 5.75 Å². The van der Waals surface area contributed by atoms with Crippen LogP contribution >= 0.6 is 12.2 Å². The number of phenols is 1. The number of alkyl halides is 3. The van der Waals surface area contributed by atoms with Gasteiger partial charge in [-0.25, -0.2) is 4.39 Å². The second-order valence-corrected chi connectivity index (χ2v) is 6.61. The van der Waals surface area contributed by atoms with Gasteiger partial charge in [-0.2, -0.15) is 18.4 Å². The smallest absolute Gasteiger partial charge is 0.417 e. The number of amides is 1. The van der Waals surface area contributed by atoms with Gasteiger partial charge in [0.15, 0.2) is 10.9 Å². The van der Waals surface area contributed by atoms with Gasteiger partial charge < -0.3 is 10.0 Å². The number of benzene rings is 2. The third-order valence-electron chi connectivity index (χ3n) is 4.35. The second kappa shape index (κ2) is 7.67. The zero-order valence-electron chi connectivity index (χ0n) is 14.7. The Morgan fingerprint density at radius 3 is 2.52 bits per heavy atom. The van der Waals surface area contributed by atoms with Crippen LogP contribution < -0.4 is 9.80 Å². The summed E-state index contributed by atoms with van der Waals surface area (Å²) in [5.41, 5.74) is -1.97. The summed E-state index contributed by atoms with van der Waals surface area (Å²) in [4.78, 5) is 14.8. The Hall–Kier alpha value is -3.19. The lowest BCUT2D eigenvalue weighted by atomic mass is 10.1. The van der Waals surface area contributed by atoms with E-state index in [1.807, 2.05) is 0 Å². The Bertz CT molecular complexity index is 1030. The van der Waals surface area contributed by atoms with Gasteiger partial charge >= 0.3 is 6.18 Å². The molecule has 1 N–H and O–H groups in total. The van der Waals surface area contributed by atoms with E-state index >= 15 is 0 Å². The Labute approximate surface area is 168 Å². The number of anilines is 2. The van der Waals surface area contributed by atoms with Crippen LogP contribution in [0.15, 0.2) is 36.4 Å². The van der Waals surface area contributed by atoms with E-state index in [1.54, 1.807) is 0 Å². The minimum Gasteiger partial charge on any atom is -0.508 e. The van der Waals surface area contributed by atoms with Gasteiger partial charge in [-0.1, -0.05) is 0 Å². The lowest BCUT2D eigenvalue weighted by Gasteiger charge is -2.30. The fourth-order valence-electron chi connectivity index (χ4n) is 3.02. The summed E-state index contributed by atoms with van der Waals surface area (Å²) in [6.07, 6.45) is -4.53. The van der Waals surface area contributed by atoms with Gasteiger partial charge in [0.25, 0.3) is 0 Å². The standard InChI is InChI=1S/C19H13F4N3O2S/c20-15-9-13(27)5-6-16(15)25-7-1-2-17(28)26(18(25)29)12-4-3-11(10-24)14(8-12)19(21,22)23/h3-6,8-9,27H,1-2,7H2. The number of nitriles is 1. The summed E-state index contributed by atoms with van der Waals surface area (Å²) in [5, 5.41) is 18.1. The molecule has 29 heavy (non-hydrogen) atoms. The van der Waals surface area contributed by atoms with Gasteiger partial charge in [-0.3, -0.25) is 9.69 Å². The normalized spacial score (nSPS) is 15.3. The maximum Gasteiger partial charge on any atom is 0.417 e. The molecule has 1 aliphatic heterocycles. The third-order valence-corrected chi connectivity index (χ3v) is 4.76. The van der Waals surface area contributed by atoms with E-state index in [1.165, 1.54) is 29.2 Å². The predicted octanol–water partition coefficient (Wildman–Crippen LogP) is 4.34. The first-order valence-electron chi connectivity index (χ1n) is 8.38. The van der Waals surface area contributed by atoms with Gasteiger partial charge in [-0.05, 0) is 49.0 Å². The Morgan fingerprint density at radius 1 is 1.17 bits per heavy atom. The summed E-state index contributed by atoms with van der Waals surface area (Å²) in [6.45, 7) is 0.158. The van der Waals surface area contributed by atoms with Crippen LogP contribution in [0.4, 0.5) is 28.9 Å². The van der Waals surface area contributed by atoms with Crippen LogP contribution in [0, 0.1) is 17.1 Å². The molecule has 0 unspecified atom stereocenters. The van der Waals surface area contributed by atoms with E-state index in [4.69, 9.17) is 17.5 Å². The van der Waals surface area contributed by atoms with Crippen molar-refractivity contribution in [3.05, 3.63) is 53.3 Å². The predicted molar refractivity (Wildman–Crippen MR) is 101 cm³/mol. The molecule has 1 amide bonds. The molecule has 0 atom stereocenters. The summed E-state index contributed by atoms with van der Waals surface area (Å²) in [6, 6.07) is 7.69. The van der Waals surface area contributed by atoms with Crippen LogP contribution in [0.25, 0.3) is 0 Å². The Morgan fingerprint density at radius 2 is 1.90 bits per heavy atom. The zero-order chi connectivity index (χ0) is 21.3. The molecule has 2 aromatic carbocycles. The fourth-order valence-corrected chi connectivity index (χ4v) is 3.42. The van der Waals surface area contributed by atoms with Crippen molar-refractivity contribution in [1.82, 2.24) is 0 Å². The summed E-state index contributed by atoms with van der Waals surface area (Å²) in [7, 11) is 0. The van der Waals surface area contributed by atoms with Gasteiger partial charge in [-0.15, -0.1) is 0 Å². The van der Waals surface area contributed by atoms with E-state index in [0.717, 1.165) is 17.0 Å². The molecule has 1 fully saturated rings. The van der Waals surface area contributed by atoms with Crippen molar-refractivity contribution < 1.29 is 27.5 Å². The molecule has 0 spiro atoms. The van der Waals surface area contributed by atoms with Crippen molar-refractivity contribution in [2.45, 2.75) is 19.0 Å². The van der Waals surface area contributed by atoms with Crippen molar-refractivity contribution in [2.75, 3.05) is 16.3 Å². The maximum absolute atomic E-state index is 14.3. The molecule has 0 aliphatic carbocycles. The summed E-state index contributed by atoms with van der Waals surface area (Å²) in [5.74, 6) is -1.64. The van der Waals surface area contributed by atoms with Gasteiger partial charge in [0, 0.05) is 19.0 Å². The topological polar surface area (TPSA) is 67.6 Å². The average Bonchev–Trinajstić information content (AvgIpc) is 2.79. The monoisotopic (exact) mass is 423 g/mol. The molecule has 10 heteroatoms. The largest absolute Gasteiger partial charge is 0.508 e. The highest BCUT2D eigenvalue weighted by Crippen LogP contribution is 2.36. The number of phenolic OH excluding ortho intramolecular Hbond substituents is 1. The molecular weight excluding hydrogens is 410 g/mol. The van der Waals surface area contributed by atoms with Crippen molar-refractivity contribution >= 4 is 34.6 Å². The van der Waals surface area contributed by atoms with Gasteiger partial charge in [0.2, 0.25) is 5.91 Å². The van der Waals surface area contributed by atoms with Crippen molar-refractivity contribution in [3.63, 3.8) is 0 Å². The molecular formula is C19H13F4N3O2S. The number of aromatic hydroxyl groups is 1. The molecule has 150 valence electrons.